The summed E-state index contributed by atoms with van der Waals surface area (Å²) >= 11 is 0. The van der Waals surface area contributed by atoms with E-state index in [0.717, 1.165) is 63.8 Å². The first kappa shape index (κ1) is 16.7. The number of piperazine rings is 1. The van der Waals surface area contributed by atoms with Crippen molar-refractivity contribution in [3.8, 4) is 0 Å². The number of aromatic nitrogens is 2. The van der Waals surface area contributed by atoms with Crippen LogP contribution in [0.5, 0.6) is 0 Å². The van der Waals surface area contributed by atoms with Crippen molar-refractivity contribution in [1.29, 1.82) is 0 Å². The molecule has 3 aliphatic rings. The number of nitrogens with one attached hydrogen (secondary N) is 2. The first-order valence-corrected chi connectivity index (χ1v) is 9.60. The highest BCUT2D eigenvalue weighted by Gasteiger charge is 2.24. The fraction of sp³-hybridized carbons (Fsp3) is 0.722. The van der Waals surface area contributed by atoms with E-state index in [0.29, 0.717) is 11.7 Å². The Morgan fingerprint density at radius 1 is 1.12 bits per heavy atom. The lowest BCUT2D eigenvalue weighted by molar-refractivity contribution is 0.0932. The van der Waals surface area contributed by atoms with Crippen molar-refractivity contribution in [2.75, 3.05) is 50.7 Å². The van der Waals surface area contributed by atoms with E-state index in [1.54, 1.807) is 6.07 Å². The zero-order valence-corrected chi connectivity index (χ0v) is 14.8. The quantitative estimate of drug-likeness (QED) is 0.810. The minimum atomic E-state index is -0.0927. The lowest BCUT2D eigenvalue weighted by Gasteiger charge is -2.39. The van der Waals surface area contributed by atoms with Crippen LogP contribution in [0.4, 0.5) is 5.82 Å². The Morgan fingerprint density at radius 2 is 1.88 bits per heavy atom. The number of hydrogen-bond donors (Lipinski definition) is 2. The number of amides is 1. The predicted molar refractivity (Wildman–Crippen MR) is 96.8 cm³/mol. The van der Waals surface area contributed by atoms with E-state index in [1.165, 1.54) is 19.4 Å². The van der Waals surface area contributed by atoms with Gasteiger partial charge in [0.25, 0.3) is 5.91 Å². The molecular formula is C18H28N6O. The fourth-order valence-corrected chi connectivity index (χ4v) is 3.95. The van der Waals surface area contributed by atoms with Gasteiger partial charge in [0.05, 0.1) is 0 Å². The summed E-state index contributed by atoms with van der Waals surface area (Å²) in [5.74, 6) is 1.61. The van der Waals surface area contributed by atoms with Crippen LogP contribution < -0.4 is 15.5 Å². The van der Waals surface area contributed by atoms with E-state index in [-0.39, 0.29) is 5.91 Å². The molecule has 1 amide bonds. The van der Waals surface area contributed by atoms with E-state index < -0.39 is 0 Å². The molecule has 7 nitrogen and oxygen atoms in total. The summed E-state index contributed by atoms with van der Waals surface area (Å²) in [5, 5.41) is 14.9. The summed E-state index contributed by atoms with van der Waals surface area (Å²) in [6.07, 6.45) is 4.58. The SMILES string of the molecule is O=C(NC1CCCC1)c1ccc(N2CCN(CC3CNC3)CC2)nn1. The Bertz CT molecular complexity index is 574. The zero-order valence-electron chi connectivity index (χ0n) is 14.8. The van der Waals surface area contributed by atoms with Crippen molar-refractivity contribution in [2.24, 2.45) is 5.92 Å². The summed E-state index contributed by atoms with van der Waals surface area (Å²) in [6.45, 7) is 7.62. The first-order chi connectivity index (χ1) is 12.3. The van der Waals surface area contributed by atoms with Crippen molar-refractivity contribution < 1.29 is 4.79 Å². The molecule has 0 radical (unpaired) electrons. The van der Waals surface area contributed by atoms with Crippen LogP contribution in [0.1, 0.15) is 36.2 Å². The van der Waals surface area contributed by atoms with Crippen LogP contribution >= 0.6 is 0 Å². The highest BCUT2D eigenvalue weighted by molar-refractivity contribution is 5.92. The molecule has 7 heteroatoms. The first-order valence-electron chi connectivity index (χ1n) is 9.60. The van der Waals surface area contributed by atoms with Crippen molar-refractivity contribution in [3.63, 3.8) is 0 Å². The average molecular weight is 344 g/mol. The van der Waals surface area contributed by atoms with E-state index in [2.05, 4.69) is 30.6 Å². The third kappa shape index (κ3) is 4.10. The van der Waals surface area contributed by atoms with E-state index in [9.17, 15) is 4.79 Å². The van der Waals surface area contributed by atoms with Crippen LogP contribution in [0.15, 0.2) is 12.1 Å². The van der Waals surface area contributed by atoms with Crippen molar-refractivity contribution in [3.05, 3.63) is 17.8 Å². The molecule has 1 aromatic heterocycles. The summed E-state index contributed by atoms with van der Waals surface area (Å²) in [5.41, 5.74) is 0.423. The van der Waals surface area contributed by atoms with Gasteiger partial charge in [0.1, 0.15) is 0 Å². The Morgan fingerprint density at radius 3 is 2.48 bits per heavy atom. The molecule has 1 saturated carbocycles. The lowest BCUT2D eigenvalue weighted by atomic mass is 10.0. The van der Waals surface area contributed by atoms with Gasteiger partial charge >= 0.3 is 0 Å². The van der Waals surface area contributed by atoms with Crippen LogP contribution in [-0.4, -0.2) is 72.9 Å². The maximum Gasteiger partial charge on any atom is 0.272 e. The van der Waals surface area contributed by atoms with Crippen molar-refractivity contribution in [1.82, 2.24) is 25.7 Å². The van der Waals surface area contributed by atoms with Gasteiger partial charge in [0, 0.05) is 51.9 Å². The molecule has 2 aliphatic heterocycles. The Balaban J connectivity index is 1.27. The zero-order chi connectivity index (χ0) is 17.1. The largest absolute Gasteiger partial charge is 0.353 e. The van der Waals surface area contributed by atoms with Gasteiger partial charge in [0.15, 0.2) is 11.5 Å². The number of anilines is 1. The standard InChI is InChI=1S/C18H28N6O/c25-18(20-15-3-1-2-4-15)16-5-6-17(22-21-16)24-9-7-23(8-10-24)13-14-11-19-12-14/h5-6,14-15,19H,1-4,7-13H2,(H,20,25). The molecule has 0 aromatic carbocycles. The third-order valence-electron chi connectivity index (χ3n) is 5.65. The molecule has 4 rings (SSSR count). The molecule has 0 unspecified atom stereocenters. The molecule has 136 valence electrons. The maximum atomic E-state index is 12.2. The van der Waals surface area contributed by atoms with Gasteiger partial charge in [-0.2, -0.15) is 0 Å². The molecule has 0 atom stereocenters. The second kappa shape index (κ2) is 7.66. The second-order valence-corrected chi connectivity index (χ2v) is 7.54. The average Bonchev–Trinajstić information content (AvgIpc) is 3.12. The second-order valence-electron chi connectivity index (χ2n) is 7.54. The Labute approximate surface area is 149 Å². The number of nitrogens with zero attached hydrogens (tertiary/aromatic N) is 4. The van der Waals surface area contributed by atoms with E-state index >= 15 is 0 Å². The van der Waals surface area contributed by atoms with Crippen LogP contribution in [0.2, 0.25) is 0 Å². The third-order valence-corrected chi connectivity index (χ3v) is 5.65. The number of carbonyl (C=O) groups excluding carboxylic acids is 1. The molecule has 2 N–H and O–H groups in total. The van der Waals surface area contributed by atoms with Crippen LogP contribution in [0.25, 0.3) is 0 Å². The fourth-order valence-electron chi connectivity index (χ4n) is 3.95. The summed E-state index contributed by atoms with van der Waals surface area (Å²) in [4.78, 5) is 17.0. The molecule has 25 heavy (non-hydrogen) atoms. The highest BCUT2D eigenvalue weighted by atomic mass is 16.2. The van der Waals surface area contributed by atoms with Crippen molar-refractivity contribution >= 4 is 11.7 Å². The van der Waals surface area contributed by atoms with Gasteiger partial charge in [0.2, 0.25) is 0 Å². The van der Waals surface area contributed by atoms with E-state index in [1.807, 2.05) is 6.07 Å². The number of carbonyl (C=O) groups is 1. The molecule has 3 heterocycles. The molecule has 2 saturated heterocycles. The van der Waals surface area contributed by atoms with Gasteiger partial charge in [-0.1, -0.05) is 12.8 Å². The minimum absolute atomic E-state index is 0.0927. The Kier molecular flexibility index (Phi) is 5.12. The van der Waals surface area contributed by atoms with Crippen molar-refractivity contribution in [2.45, 2.75) is 31.7 Å². The summed E-state index contributed by atoms with van der Waals surface area (Å²) in [6, 6.07) is 4.05. The minimum Gasteiger partial charge on any atom is -0.353 e. The van der Waals surface area contributed by atoms with Gasteiger partial charge in [-0.25, -0.2) is 0 Å². The Hall–Kier alpha value is -1.73. The number of rotatable bonds is 5. The topological polar surface area (TPSA) is 73.4 Å². The van der Waals surface area contributed by atoms with Crippen LogP contribution in [0.3, 0.4) is 0 Å². The van der Waals surface area contributed by atoms with Crippen LogP contribution in [0, 0.1) is 5.92 Å². The van der Waals surface area contributed by atoms with Gasteiger partial charge in [-0.3, -0.25) is 9.69 Å². The smallest absolute Gasteiger partial charge is 0.272 e. The summed E-state index contributed by atoms with van der Waals surface area (Å²) in [7, 11) is 0. The van der Waals surface area contributed by atoms with Crippen LogP contribution in [-0.2, 0) is 0 Å². The predicted octanol–water partition coefficient (Wildman–Crippen LogP) is 0.490. The summed E-state index contributed by atoms with van der Waals surface area (Å²) < 4.78 is 0. The maximum absolute atomic E-state index is 12.2. The molecule has 3 fully saturated rings. The molecule has 1 aliphatic carbocycles. The van der Waals surface area contributed by atoms with Gasteiger partial charge < -0.3 is 15.5 Å². The molecule has 0 spiro atoms. The monoisotopic (exact) mass is 344 g/mol. The van der Waals surface area contributed by atoms with E-state index in [4.69, 9.17) is 0 Å². The normalized spacial score (nSPS) is 22.8. The highest BCUT2D eigenvalue weighted by Crippen LogP contribution is 2.18. The van der Waals surface area contributed by atoms with Gasteiger partial charge in [-0.15, -0.1) is 10.2 Å². The molecule has 1 aromatic rings. The molecule has 0 bridgehead atoms. The lowest BCUT2D eigenvalue weighted by Crippen LogP contribution is -2.53. The number of hydrogen-bond acceptors (Lipinski definition) is 6. The molecular weight excluding hydrogens is 316 g/mol. The van der Waals surface area contributed by atoms with Gasteiger partial charge in [-0.05, 0) is 30.9 Å².